The van der Waals surface area contributed by atoms with Crippen molar-refractivity contribution in [2.24, 2.45) is 0 Å². The zero-order chi connectivity index (χ0) is 11.2. The Morgan fingerprint density at radius 3 is 1.88 bits per heavy atom. The van der Waals surface area contributed by atoms with Gasteiger partial charge in [0.1, 0.15) is 0 Å². The lowest BCUT2D eigenvalue weighted by molar-refractivity contribution is 0.696. The van der Waals surface area contributed by atoms with Crippen molar-refractivity contribution >= 4 is 0 Å². The summed E-state index contributed by atoms with van der Waals surface area (Å²) >= 11 is 0. The van der Waals surface area contributed by atoms with Gasteiger partial charge in [0, 0.05) is 5.92 Å². The molecule has 0 aromatic heterocycles. The predicted molar refractivity (Wildman–Crippen MR) is 65.0 cm³/mol. The van der Waals surface area contributed by atoms with Gasteiger partial charge in [-0.25, -0.2) is 0 Å². The highest BCUT2D eigenvalue weighted by Gasteiger charge is 2.12. The Morgan fingerprint density at radius 1 is 0.938 bits per heavy atom. The van der Waals surface area contributed by atoms with Crippen LogP contribution in [0.1, 0.15) is 36.8 Å². The molecular formula is C16H14. The molecule has 0 bridgehead atoms. The van der Waals surface area contributed by atoms with Gasteiger partial charge in [0.15, 0.2) is 0 Å². The van der Waals surface area contributed by atoms with Crippen molar-refractivity contribution in [3.63, 3.8) is 0 Å². The molecule has 0 amide bonds. The second-order valence-corrected chi connectivity index (χ2v) is 3.83. The second-order valence-electron chi connectivity index (χ2n) is 3.83. The van der Waals surface area contributed by atoms with E-state index in [1.807, 2.05) is 36.4 Å². The highest BCUT2D eigenvalue weighted by Crippen LogP contribution is 2.27. The van der Waals surface area contributed by atoms with Gasteiger partial charge in [-0.15, -0.1) is 0 Å². The largest absolute Gasteiger partial charge is 0.0653 e. The van der Waals surface area contributed by atoms with Gasteiger partial charge in [-0.2, -0.15) is 0 Å². The van der Waals surface area contributed by atoms with E-state index >= 15 is 0 Å². The summed E-state index contributed by atoms with van der Waals surface area (Å²) in [6.45, 7) is 2.20. The Hall–Kier alpha value is -1.56. The molecule has 0 saturated carbocycles. The van der Waals surface area contributed by atoms with Crippen molar-refractivity contribution < 1.29 is 0 Å². The summed E-state index contributed by atoms with van der Waals surface area (Å²) in [4.78, 5) is 0. The standard InChI is InChI=1S/C16H14/c1-2-9-16(14-10-5-3-6-11-14)15-12-7-4-8-13-15/h3-5,7,11,13,16H,2,9H2,1H3. The van der Waals surface area contributed by atoms with Crippen LogP contribution in [0.5, 0.6) is 0 Å². The molecule has 0 nitrogen and oxygen atoms in total. The Kier molecular flexibility index (Phi) is 3.76. The molecule has 0 spiro atoms. The third-order valence-corrected chi connectivity index (χ3v) is 2.66. The minimum absolute atomic E-state index is 0.375. The molecular weight excluding hydrogens is 192 g/mol. The third kappa shape index (κ3) is 2.52. The van der Waals surface area contributed by atoms with Crippen LogP contribution in [0.25, 0.3) is 0 Å². The van der Waals surface area contributed by atoms with Crippen molar-refractivity contribution in [1.82, 2.24) is 0 Å². The van der Waals surface area contributed by atoms with E-state index in [0.717, 1.165) is 12.8 Å². The summed E-state index contributed by atoms with van der Waals surface area (Å²) in [6.07, 6.45) is 2.26. The lowest BCUT2D eigenvalue weighted by atomic mass is 9.88. The smallest absolute Gasteiger partial charge is 0.0102 e. The minimum Gasteiger partial charge on any atom is -0.0653 e. The van der Waals surface area contributed by atoms with Gasteiger partial charge >= 0.3 is 0 Å². The van der Waals surface area contributed by atoms with E-state index in [1.165, 1.54) is 11.1 Å². The zero-order valence-electron chi connectivity index (χ0n) is 9.46. The fraction of sp³-hybridized carbons (Fsp3) is 0.250. The normalized spacial score (nSPS) is 10.6. The van der Waals surface area contributed by atoms with Crippen LogP contribution in [0.15, 0.2) is 36.4 Å². The first-order valence-electron chi connectivity index (χ1n) is 5.67. The van der Waals surface area contributed by atoms with Crippen LogP contribution < -0.4 is 0 Å². The van der Waals surface area contributed by atoms with Gasteiger partial charge in [-0.1, -0.05) is 37.6 Å². The van der Waals surface area contributed by atoms with Crippen LogP contribution in [0, 0.1) is 24.3 Å². The van der Waals surface area contributed by atoms with E-state index in [1.54, 1.807) is 0 Å². The number of benzene rings is 2. The average Bonchev–Trinajstić information content (AvgIpc) is 2.38. The van der Waals surface area contributed by atoms with Crippen molar-refractivity contribution in [2.75, 3.05) is 0 Å². The van der Waals surface area contributed by atoms with Gasteiger partial charge in [-0.05, 0) is 53.9 Å². The van der Waals surface area contributed by atoms with Gasteiger partial charge in [0.2, 0.25) is 0 Å². The first-order chi connectivity index (χ1) is 7.92. The highest BCUT2D eigenvalue weighted by molar-refractivity contribution is 5.30. The monoisotopic (exact) mass is 206 g/mol. The number of rotatable bonds is 4. The third-order valence-electron chi connectivity index (χ3n) is 2.66. The summed E-state index contributed by atoms with van der Waals surface area (Å²) in [5.41, 5.74) is 2.39. The Labute approximate surface area is 97.9 Å². The summed E-state index contributed by atoms with van der Waals surface area (Å²) in [5.74, 6) is 0.375. The first kappa shape index (κ1) is 10.9. The molecule has 0 N–H and O–H groups in total. The van der Waals surface area contributed by atoms with Crippen LogP contribution in [-0.4, -0.2) is 0 Å². The van der Waals surface area contributed by atoms with Crippen LogP contribution in [-0.2, 0) is 0 Å². The molecule has 78 valence electrons. The van der Waals surface area contributed by atoms with Gasteiger partial charge in [0.05, 0.1) is 0 Å². The molecule has 0 atom stereocenters. The van der Waals surface area contributed by atoms with E-state index in [2.05, 4.69) is 31.2 Å². The van der Waals surface area contributed by atoms with Gasteiger partial charge in [0.25, 0.3) is 0 Å². The first-order valence-corrected chi connectivity index (χ1v) is 5.67. The predicted octanol–water partition coefficient (Wildman–Crippen LogP) is 3.82. The Morgan fingerprint density at radius 2 is 1.50 bits per heavy atom. The molecule has 0 aliphatic heterocycles. The van der Waals surface area contributed by atoms with E-state index in [9.17, 15) is 0 Å². The van der Waals surface area contributed by atoms with Crippen LogP contribution in [0.3, 0.4) is 0 Å². The number of hydrogen-bond donors (Lipinski definition) is 0. The molecule has 0 saturated heterocycles. The SMILES string of the molecule is CCCC(c1[c]cc[c]c1)c1[c]cc[c]c1. The number of hydrogen-bond acceptors (Lipinski definition) is 0. The molecule has 4 radical (unpaired) electrons. The highest BCUT2D eigenvalue weighted by atomic mass is 14.2. The van der Waals surface area contributed by atoms with E-state index < -0.39 is 0 Å². The molecule has 0 aliphatic carbocycles. The maximum absolute atomic E-state index is 3.29. The zero-order valence-corrected chi connectivity index (χ0v) is 9.46. The maximum atomic E-state index is 3.29. The van der Waals surface area contributed by atoms with Crippen LogP contribution in [0.4, 0.5) is 0 Å². The summed E-state index contributed by atoms with van der Waals surface area (Å²) in [7, 11) is 0. The van der Waals surface area contributed by atoms with Crippen molar-refractivity contribution in [3.05, 3.63) is 71.8 Å². The fourth-order valence-electron chi connectivity index (χ4n) is 1.90. The summed E-state index contributed by atoms with van der Waals surface area (Å²) in [5, 5.41) is 0. The Bertz CT molecular complexity index is 363. The summed E-state index contributed by atoms with van der Waals surface area (Å²) in [6, 6.07) is 24.4. The molecule has 16 heavy (non-hydrogen) atoms. The average molecular weight is 206 g/mol. The molecule has 0 aliphatic rings. The fourth-order valence-corrected chi connectivity index (χ4v) is 1.90. The van der Waals surface area contributed by atoms with E-state index in [0.29, 0.717) is 5.92 Å². The molecule has 0 unspecified atom stereocenters. The second kappa shape index (κ2) is 5.50. The maximum Gasteiger partial charge on any atom is 0.0102 e. The molecule has 2 aromatic rings. The molecule has 2 aromatic carbocycles. The minimum atomic E-state index is 0.375. The van der Waals surface area contributed by atoms with Crippen LogP contribution >= 0.6 is 0 Å². The van der Waals surface area contributed by atoms with Crippen molar-refractivity contribution in [2.45, 2.75) is 25.7 Å². The van der Waals surface area contributed by atoms with Gasteiger partial charge in [-0.3, -0.25) is 0 Å². The molecule has 0 fully saturated rings. The topological polar surface area (TPSA) is 0 Å². The van der Waals surface area contributed by atoms with Crippen LogP contribution in [0.2, 0.25) is 0 Å². The lowest BCUT2D eigenvalue weighted by Gasteiger charge is -2.16. The van der Waals surface area contributed by atoms with Crippen molar-refractivity contribution in [3.8, 4) is 0 Å². The molecule has 2 rings (SSSR count). The van der Waals surface area contributed by atoms with E-state index in [-0.39, 0.29) is 0 Å². The van der Waals surface area contributed by atoms with E-state index in [4.69, 9.17) is 0 Å². The summed E-state index contributed by atoms with van der Waals surface area (Å²) < 4.78 is 0. The van der Waals surface area contributed by atoms with Crippen molar-refractivity contribution in [1.29, 1.82) is 0 Å². The molecule has 0 heteroatoms. The van der Waals surface area contributed by atoms with Gasteiger partial charge < -0.3 is 0 Å². The Balaban J connectivity index is 2.31. The quantitative estimate of drug-likeness (QED) is 0.713. The molecule has 0 heterocycles. The lowest BCUT2D eigenvalue weighted by Crippen LogP contribution is -2.00.